The molecule has 1 aromatic carbocycles. The average molecular weight is 421 g/mol. The first-order valence-corrected chi connectivity index (χ1v) is 10.9. The Labute approximate surface area is 179 Å². The summed E-state index contributed by atoms with van der Waals surface area (Å²) in [5.41, 5.74) is 3.74. The lowest BCUT2D eigenvalue weighted by Gasteiger charge is -2.31. The van der Waals surface area contributed by atoms with Crippen molar-refractivity contribution in [3.63, 3.8) is 0 Å². The van der Waals surface area contributed by atoms with Crippen LogP contribution in [-0.4, -0.2) is 45.8 Å². The van der Waals surface area contributed by atoms with Gasteiger partial charge in [-0.2, -0.15) is 5.10 Å². The van der Waals surface area contributed by atoms with Gasteiger partial charge in [0.25, 0.3) is 0 Å². The Morgan fingerprint density at radius 2 is 2.20 bits per heavy atom. The topological polar surface area (TPSA) is 81.2 Å². The van der Waals surface area contributed by atoms with Crippen molar-refractivity contribution < 1.29 is 9.90 Å². The number of hydrogen-bond donors (Lipinski definition) is 3. The third-order valence-corrected chi connectivity index (χ3v) is 6.11. The number of anilines is 1. The van der Waals surface area contributed by atoms with E-state index in [1.54, 1.807) is 17.5 Å². The summed E-state index contributed by atoms with van der Waals surface area (Å²) in [5.74, 6) is 5.68. The van der Waals surface area contributed by atoms with Crippen LogP contribution < -0.4 is 5.32 Å². The lowest BCUT2D eigenvalue weighted by molar-refractivity contribution is -0.121. The quantitative estimate of drug-likeness (QED) is 0.553. The number of benzene rings is 1. The molecule has 0 aliphatic carbocycles. The minimum atomic E-state index is -0.125. The van der Waals surface area contributed by atoms with E-state index in [0.29, 0.717) is 0 Å². The molecule has 1 amide bonds. The van der Waals surface area contributed by atoms with Crippen molar-refractivity contribution in [3.05, 3.63) is 58.4 Å². The number of nitrogens with one attached hydrogen (secondary N) is 2. The van der Waals surface area contributed by atoms with Crippen LogP contribution in [0.2, 0.25) is 0 Å². The van der Waals surface area contributed by atoms with E-state index in [1.807, 2.05) is 35.7 Å². The molecule has 0 spiro atoms. The molecule has 1 aliphatic heterocycles. The Morgan fingerprint density at radius 3 is 2.97 bits per heavy atom. The van der Waals surface area contributed by atoms with E-state index >= 15 is 0 Å². The second kappa shape index (κ2) is 9.72. The molecule has 7 heteroatoms. The predicted molar refractivity (Wildman–Crippen MR) is 119 cm³/mol. The Hall–Kier alpha value is -2.92. The van der Waals surface area contributed by atoms with Gasteiger partial charge in [-0.05, 0) is 49.2 Å². The van der Waals surface area contributed by atoms with Gasteiger partial charge in [-0.3, -0.25) is 14.8 Å². The third kappa shape index (κ3) is 5.16. The van der Waals surface area contributed by atoms with E-state index in [4.69, 9.17) is 5.11 Å². The number of likely N-dealkylation sites (tertiary alicyclic amines) is 1. The van der Waals surface area contributed by atoms with Crippen LogP contribution >= 0.6 is 11.3 Å². The zero-order valence-corrected chi connectivity index (χ0v) is 17.4. The molecule has 0 bridgehead atoms. The lowest BCUT2D eigenvalue weighted by Crippen LogP contribution is -2.40. The summed E-state index contributed by atoms with van der Waals surface area (Å²) in [6.07, 6.45) is 3.64. The van der Waals surface area contributed by atoms with Crippen LogP contribution in [0.25, 0.3) is 11.3 Å². The number of thiophene rings is 1. The first-order valence-electron chi connectivity index (χ1n) is 10.0. The first-order chi connectivity index (χ1) is 14.7. The van der Waals surface area contributed by atoms with Gasteiger partial charge in [0.1, 0.15) is 6.61 Å². The first kappa shape index (κ1) is 20.4. The fourth-order valence-electron chi connectivity index (χ4n) is 3.70. The zero-order chi connectivity index (χ0) is 20.8. The predicted octanol–water partition coefficient (Wildman–Crippen LogP) is 3.33. The smallest absolute Gasteiger partial charge is 0.228 e. The van der Waals surface area contributed by atoms with Crippen molar-refractivity contribution in [3.8, 4) is 23.1 Å². The number of rotatable bonds is 5. The fraction of sp³-hybridized carbons (Fsp3) is 0.304. The third-order valence-electron chi connectivity index (χ3n) is 5.19. The van der Waals surface area contributed by atoms with Crippen molar-refractivity contribution >= 4 is 22.9 Å². The largest absolute Gasteiger partial charge is 0.384 e. The maximum absolute atomic E-state index is 12.8. The minimum absolute atomic E-state index is 0.0142. The molecule has 1 atom stereocenters. The summed E-state index contributed by atoms with van der Waals surface area (Å²) < 4.78 is 0. The van der Waals surface area contributed by atoms with Crippen LogP contribution in [0.1, 0.15) is 23.3 Å². The molecule has 2 aromatic heterocycles. The normalized spacial score (nSPS) is 16.6. The maximum atomic E-state index is 12.8. The number of amides is 1. The molecule has 1 unspecified atom stereocenters. The van der Waals surface area contributed by atoms with Crippen LogP contribution in [0.5, 0.6) is 0 Å². The van der Waals surface area contributed by atoms with Gasteiger partial charge < -0.3 is 10.4 Å². The summed E-state index contributed by atoms with van der Waals surface area (Å²) in [7, 11) is 0. The summed E-state index contributed by atoms with van der Waals surface area (Å²) >= 11 is 1.67. The van der Waals surface area contributed by atoms with Crippen molar-refractivity contribution in [1.82, 2.24) is 15.1 Å². The second-order valence-corrected chi connectivity index (χ2v) is 8.37. The maximum Gasteiger partial charge on any atom is 0.228 e. The van der Waals surface area contributed by atoms with Crippen LogP contribution in [0.4, 0.5) is 5.69 Å². The summed E-state index contributed by atoms with van der Waals surface area (Å²) in [6, 6.07) is 11.8. The van der Waals surface area contributed by atoms with Crippen LogP contribution in [-0.2, 0) is 11.3 Å². The zero-order valence-electron chi connectivity index (χ0n) is 16.6. The van der Waals surface area contributed by atoms with Gasteiger partial charge >= 0.3 is 0 Å². The summed E-state index contributed by atoms with van der Waals surface area (Å²) in [6.45, 7) is 2.46. The number of hydrogen-bond acceptors (Lipinski definition) is 5. The molecule has 1 saturated heterocycles. The highest BCUT2D eigenvalue weighted by Crippen LogP contribution is 2.24. The van der Waals surface area contributed by atoms with Gasteiger partial charge in [0, 0.05) is 40.8 Å². The van der Waals surface area contributed by atoms with E-state index in [1.165, 1.54) is 4.88 Å². The van der Waals surface area contributed by atoms with E-state index in [0.717, 1.165) is 55.0 Å². The number of aliphatic hydroxyl groups is 1. The van der Waals surface area contributed by atoms with Gasteiger partial charge in [0.05, 0.1) is 11.6 Å². The molecule has 0 radical (unpaired) electrons. The SMILES string of the molecule is O=C(Nc1ccc(-c2ccn[nH]2)cc1)C1CCCN(Cc2cc(C#CCO)cs2)C1. The number of nitrogens with zero attached hydrogens (tertiary/aromatic N) is 2. The highest BCUT2D eigenvalue weighted by molar-refractivity contribution is 7.10. The summed E-state index contributed by atoms with van der Waals surface area (Å²) in [5, 5.41) is 20.8. The standard InChI is InChI=1S/C23H24N4O2S/c28-12-2-3-17-13-21(30-16-17)15-27-11-1-4-19(14-27)23(29)25-20-7-5-18(6-8-20)22-9-10-24-26-22/h5-10,13,16,19,28H,1,4,11-12,14-15H2,(H,24,26)(H,25,29). The van der Waals surface area contributed by atoms with Crippen molar-refractivity contribution in [1.29, 1.82) is 0 Å². The molecule has 3 heterocycles. The number of H-pyrrole nitrogens is 1. The molecule has 0 saturated carbocycles. The van der Waals surface area contributed by atoms with E-state index < -0.39 is 0 Å². The van der Waals surface area contributed by atoms with Crippen LogP contribution in [0.3, 0.4) is 0 Å². The Morgan fingerprint density at radius 1 is 1.33 bits per heavy atom. The van der Waals surface area contributed by atoms with Gasteiger partial charge in [0.2, 0.25) is 5.91 Å². The molecule has 1 aliphatic rings. The molecular formula is C23H24N4O2S. The lowest BCUT2D eigenvalue weighted by atomic mass is 9.97. The van der Waals surface area contributed by atoms with Gasteiger partial charge in [-0.25, -0.2) is 0 Å². The van der Waals surface area contributed by atoms with Gasteiger partial charge in [-0.1, -0.05) is 24.0 Å². The fourth-order valence-corrected chi connectivity index (χ4v) is 4.56. The van der Waals surface area contributed by atoms with Gasteiger partial charge in [-0.15, -0.1) is 11.3 Å². The second-order valence-electron chi connectivity index (χ2n) is 7.37. The molecule has 4 rings (SSSR count). The monoisotopic (exact) mass is 420 g/mol. The average Bonchev–Trinajstić information content (AvgIpc) is 3.45. The van der Waals surface area contributed by atoms with E-state index in [-0.39, 0.29) is 18.4 Å². The number of carbonyl (C=O) groups is 1. The molecule has 154 valence electrons. The number of piperidine rings is 1. The van der Waals surface area contributed by atoms with E-state index in [2.05, 4.69) is 38.3 Å². The van der Waals surface area contributed by atoms with E-state index in [9.17, 15) is 4.79 Å². The van der Waals surface area contributed by atoms with Crippen molar-refractivity contribution in [2.24, 2.45) is 5.92 Å². The molecular weight excluding hydrogens is 396 g/mol. The highest BCUT2D eigenvalue weighted by Gasteiger charge is 2.26. The number of carbonyl (C=O) groups excluding carboxylic acids is 1. The Kier molecular flexibility index (Phi) is 6.60. The van der Waals surface area contributed by atoms with Gasteiger partial charge in [0.15, 0.2) is 0 Å². The molecule has 3 N–H and O–H groups in total. The summed E-state index contributed by atoms with van der Waals surface area (Å²) in [4.78, 5) is 16.4. The van der Waals surface area contributed by atoms with Crippen LogP contribution in [0.15, 0.2) is 48.0 Å². The Balaban J connectivity index is 1.32. The molecule has 3 aromatic rings. The Bertz CT molecular complexity index is 1030. The number of aromatic amines is 1. The number of aliphatic hydroxyl groups excluding tert-OH is 1. The molecule has 1 fully saturated rings. The molecule has 30 heavy (non-hydrogen) atoms. The minimum Gasteiger partial charge on any atom is -0.384 e. The highest BCUT2D eigenvalue weighted by atomic mass is 32.1. The number of aromatic nitrogens is 2. The molecule has 6 nitrogen and oxygen atoms in total. The van der Waals surface area contributed by atoms with Crippen molar-refractivity contribution in [2.45, 2.75) is 19.4 Å². The van der Waals surface area contributed by atoms with Crippen molar-refractivity contribution in [2.75, 3.05) is 25.0 Å². The van der Waals surface area contributed by atoms with Crippen LogP contribution in [0, 0.1) is 17.8 Å².